The SMILES string of the molecule is CNc1ncnc(N)c1N(C=O)C/C=C(\C)CC[C@@]1(C)C2CCC=C(C)[C@]2(C)CC[C@@H]1C. The second-order valence-electron chi connectivity index (χ2n) is 10.4. The van der Waals surface area contributed by atoms with Gasteiger partial charge in [-0.3, -0.25) is 4.79 Å². The van der Waals surface area contributed by atoms with Crippen molar-refractivity contribution >= 4 is 23.7 Å². The van der Waals surface area contributed by atoms with Gasteiger partial charge in [0.15, 0.2) is 11.6 Å². The molecule has 0 bridgehead atoms. The quantitative estimate of drug-likeness (QED) is 0.407. The van der Waals surface area contributed by atoms with Crippen LogP contribution in [-0.2, 0) is 4.79 Å². The molecule has 3 N–H and O–H groups in total. The minimum atomic E-state index is 0.297. The first-order chi connectivity index (χ1) is 15.2. The lowest BCUT2D eigenvalue weighted by atomic mass is 9.47. The number of allylic oxidation sites excluding steroid dienone is 3. The standard InChI is InChI=1S/C26H41N5O/c1-18(12-15-31(17-32)22-23(27)29-16-30-24(22)28-6)10-13-25(4)20(3)11-14-26(5)19(2)8-7-9-21(25)26/h8,12,16-17,20-21H,7,9-11,13-15H2,1-6H3,(H3,27,28,29,30)/b18-12+/t20-,21?,25+,26-/m0/s1. The molecule has 2 aliphatic carbocycles. The summed E-state index contributed by atoms with van der Waals surface area (Å²) in [5.41, 5.74) is 10.2. The Morgan fingerprint density at radius 1 is 1.34 bits per heavy atom. The highest BCUT2D eigenvalue weighted by Gasteiger charge is 2.52. The number of carbonyl (C=O) groups is 1. The minimum absolute atomic E-state index is 0.297. The van der Waals surface area contributed by atoms with Crippen molar-refractivity contribution in [1.82, 2.24) is 9.97 Å². The first-order valence-electron chi connectivity index (χ1n) is 12.0. The largest absolute Gasteiger partial charge is 0.382 e. The zero-order valence-corrected chi connectivity index (χ0v) is 20.7. The van der Waals surface area contributed by atoms with Crippen LogP contribution in [0.2, 0.25) is 0 Å². The Labute approximate surface area is 193 Å². The predicted molar refractivity (Wildman–Crippen MR) is 133 cm³/mol. The Morgan fingerprint density at radius 2 is 2.09 bits per heavy atom. The number of hydrogen-bond acceptors (Lipinski definition) is 5. The minimum Gasteiger partial charge on any atom is -0.382 e. The third-order valence-corrected chi connectivity index (χ3v) is 8.79. The number of nitrogen functional groups attached to an aromatic ring is 1. The van der Waals surface area contributed by atoms with Crippen molar-refractivity contribution < 1.29 is 4.79 Å². The number of aromatic nitrogens is 2. The second kappa shape index (κ2) is 9.63. The molecule has 0 aromatic carbocycles. The smallest absolute Gasteiger partial charge is 0.214 e. The fourth-order valence-electron chi connectivity index (χ4n) is 6.20. The summed E-state index contributed by atoms with van der Waals surface area (Å²) >= 11 is 0. The summed E-state index contributed by atoms with van der Waals surface area (Å²) in [6, 6.07) is 0. The first kappa shape index (κ1) is 24.3. The van der Waals surface area contributed by atoms with Gasteiger partial charge in [-0.15, -0.1) is 0 Å². The summed E-state index contributed by atoms with van der Waals surface area (Å²) in [7, 11) is 1.76. The highest BCUT2D eigenvalue weighted by Crippen LogP contribution is 2.61. The molecule has 1 aromatic heterocycles. The molecule has 3 rings (SSSR count). The van der Waals surface area contributed by atoms with Gasteiger partial charge in [-0.2, -0.15) is 0 Å². The fraction of sp³-hybridized carbons (Fsp3) is 0.654. The van der Waals surface area contributed by atoms with E-state index in [1.165, 1.54) is 44.0 Å². The van der Waals surface area contributed by atoms with E-state index in [0.29, 0.717) is 34.7 Å². The third kappa shape index (κ3) is 4.41. The van der Waals surface area contributed by atoms with Crippen molar-refractivity contribution in [3.63, 3.8) is 0 Å². The third-order valence-electron chi connectivity index (χ3n) is 8.79. The highest BCUT2D eigenvalue weighted by molar-refractivity contribution is 5.88. The number of nitrogens with one attached hydrogen (secondary N) is 1. The summed E-state index contributed by atoms with van der Waals surface area (Å²) in [6.45, 7) is 12.5. The molecule has 1 unspecified atom stereocenters. The van der Waals surface area contributed by atoms with Crippen LogP contribution in [0.1, 0.15) is 73.1 Å². The second-order valence-corrected chi connectivity index (χ2v) is 10.4. The summed E-state index contributed by atoms with van der Waals surface area (Å²) in [5.74, 6) is 2.32. The Bertz CT molecular complexity index is 894. The number of anilines is 3. The molecule has 0 saturated heterocycles. The van der Waals surface area contributed by atoms with Gasteiger partial charge in [-0.25, -0.2) is 9.97 Å². The van der Waals surface area contributed by atoms with Crippen molar-refractivity contribution in [3.8, 4) is 0 Å². The van der Waals surface area contributed by atoms with Gasteiger partial charge in [0.05, 0.1) is 0 Å². The monoisotopic (exact) mass is 439 g/mol. The molecule has 4 atom stereocenters. The van der Waals surface area contributed by atoms with E-state index in [1.54, 1.807) is 17.5 Å². The molecule has 1 aromatic rings. The van der Waals surface area contributed by atoms with Crippen LogP contribution in [0, 0.1) is 22.7 Å². The lowest BCUT2D eigenvalue weighted by Gasteiger charge is -2.58. The summed E-state index contributed by atoms with van der Waals surface area (Å²) in [5, 5.41) is 2.99. The number of hydrogen-bond donors (Lipinski definition) is 2. The molecular weight excluding hydrogens is 398 g/mol. The molecule has 1 fully saturated rings. The van der Waals surface area contributed by atoms with E-state index in [0.717, 1.165) is 24.7 Å². The highest BCUT2D eigenvalue weighted by atomic mass is 16.1. The average molecular weight is 440 g/mol. The van der Waals surface area contributed by atoms with E-state index in [1.807, 2.05) is 0 Å². The molecule has 0 aliphatic heterocycles. The topological polar surface area (TPSA) is 84.1 Å². The Balaban J connectivity index is 1.72. The van der Waals surface area contributed by atoms with E-state index < -0.39 is 0 Å². The van der Waals surface area contributed by atoms with Crippen LogP contribution in [0.4, 0.5) is 17.3 Å². The van der Waals surface area contributed by atoms with E-state index in [4.69, 9.17) is 5.73 Å². The maximum Gasteiger partial charge on any atom is 0.214 e. The number of amides is 1. The van der Waals surface area contributed by atoms with E-state index in [-0.39, 0.29) is 0 Å². The Morgan fingerprint density at radius 3 is 2.78 bits per heavy atom. The van der Waals surface area contributed by atoms with Gasteiger partial charge in [0.25, 0.3) is 0 Å². The van der Waals surface area contributed by atoms with Gasteiger partial charge in [-0.05, 0) is 75.0 Å². The molecule has 6 heteroatoms. The van der Waals surface area contributed by atoms with Crippen molar-refractivity contribution in [3.05, 3.63) is 29.6 Å². The Hall–Kier alpha value is -2.37. The summed E-state index contributed by atoms with van der Waals surface area (Å²) in [4.78, 5) is 21.6. The molecule has 6 nitrogen and oxygen atoms in total. The number of carbonyl (C=O) groups excluding carboxylic acids is 1. The van der Waals surface area contributed by atoms with Crippen LogP contribution >= 0.6 is 0 Å². The molecule has 2 aliphatic rings. The lowest BCUT2D eigenvalue weighted by Crippen LogP contribution is -2.49. The zero-order chi connectivity index (χ0) is 23.5. The number of nitrogens with zero attached hydrogens (tertiary/aromatic N) is 3. The molecule has 1 amide bonds. The predicted octanol–water partition coefficient (Wildman–Crippen LogP) is 5.59. The maximum atomic E-state index is 11.8. The van der Waals surface area contributed by atoms with E-state index in [9.17, 15) is 4.79 Å². The molecule has 32 heavy (non-hydrogen) atoms. The summed E-state index contributed by atoms with van der Waals surface area (Å²) in [6.07, 6.45) is 14.2. The van der Waals surface area contributed by atoms with Crippen LogP contribution in [0.25, 0.3) is 0 Å². The molecule has 1 heterocycles. The van der Waals surface area contributed by atoms with Gasteiger partial charge < -0.3 is 16.0 Å². The molecule has 176 valence electrons. The summed E-state index contributed by atoms with van der Waals surface area (Å²) < 4.78 is 0. The van der Waals surface area contributed by atoms with E-state index in [2.05, 4.69) is 62.1 Å². The van der Waals surface area contributed by atoms with E-state index >= 15 is 0 Å². The van der Waals surface area contributed by atoms with Gasteiger partial charge in [0.1, 0.15) is 12.0 Å². The number of rotatable bonds is 8. The van der Waals surface area contributed by atoms with Crippen LogP contribution in [-0.4, -0.2) is 30.0 Å². The van der Waals surface area contributed by atoms with Gasteiger partial charge in [0, 0.05) is 13.6 Å². The normalized spacial score (nSPS) is 30.3. The Kier molecular flexibility index (Phi) is 7.31. The van der Waals surface area contributed by atoms with Crippen LogP contribution in [0.5, 0.6) is 0 Å². The zero-order valence-electron chi connectivity index (χ0n) is 20.7. The van der Waals surface area contributed by atoms with Crippen molar-refractivity contribution in [2.75, 3.05) is 29.5 Å². The fourth-order valence-corrected chi connectivity index (χ4v) is 6.20. The van der Waals surface area contributed by atoms with Crippen LogP contribution in [0.15, 0.2) is 29.6 Å². The molecule has 0 spiro atoms. The average Bonchev–Trinajstić information content (AvgIpc) is 2.78. The van der Waals surface area contributed by atoms with Gasteiger partial charge in [0.2, 0.25) is 6.41 Å². The van der Waals surface area contributed by atoms with Gasteiger partial charge in [-0.1, -0.05) is 44.1 Å². The molecular formula is C26H41N5O. The first-order valence-corrected chi connectivity index (χ1v) is 12.0. The van der Waals surface area contributed by atoms with Crippen LogP contribution in [0.3, 0.4) is 0 Å². The molecule has 1 saturated carbocycles. The maximum absolute atomic E-state index is 11.8. The van der Waals surface area contributed by atoms with Crippen molar-refractivity contribution in [1.29, 1.82) is 0 Å². The van der Waals surface area contributed by atoms with Gasteiger partial charge >= 0.3 is 0 Å². The number of fused-ring (bicyclic) bond motifs is 1. The number of nitrogens with two attached hydrogens (primary N) is 1. The van der Waals surface area contributed by atoms with Crippen molar-refractivity contribution in [2.24, 2.45) is 22.7 Å². The van der Waals surface area contributed by atoms with Crippen molar-refractivity contribution in [2.45, 2.75) is 73.1 Å². The lowest BCUT2D eigenvalue weighted by molar-refractivity contribution is -0.107. The van der Waals surface area contributed by atoms with Crippen LogP contribution < -0.4 is 16.0 Å². The molecule has 0 radical (unpaired) electrons.